The van der Waals surface area contributed by atoms with Gasteiger partial charge in [0.1, 0.15) is 0 Å². The summed E-state index contributed by atoms with van der Waals surface area (Å²) in [4.78, 5) is 0. The minimum atomic E-state index is -1.22. The maximum atomic E-state index is 2.51. The molecule has 0 spiro atoms. The lowest BCUT2D eigenvalue weighted by Crippen LogP contribution is -2.41. The lowest BCUT2D eigenvalue weighted by Gasteiger charge is -2.35. The van der Waals surface area contributed by atoms with Gasteiger partial charge in [0.25, 0.3) is 0 Å². The first-order valence-electron chi connectivity index (χ1n) is 7.33. The SMILES string of the molecule is CC1(C)[C@@H]2CC[C@@]1(C)c1cccc([Si](C)(C)C)c12. The van der Waals surface area contributed by atoms with E-state index >= 15 is 0 Å². The van der Waals surface area contributed by atoms with Crippen molar-refractivity contribution >= 4 is 13.3 Å². The molecule has 98 valence electrons. The topological polar surface area (TPSA) is 0 Å². The molecule has 1 aromatic carbocycles. The predicted molar refractivity (Wildman–Crippen MR) is 82.5 cm³/mol. The van der Waals surface area contributed by atoms with Crippen LogP contribution in [0.25, 0.3) is 0 Å². The molecule has 0 nitrogen and oxygen atoms in total. The summed E-state index contributed by atoms with van der Waals surface area (Å²) >= 11 is 0. The number of benzene rings is 1. The Morgan fingerprint density at radius 1 is 1.11 bits per heavy atom. The van der Waals surface area contributed by atoms with Crippen LogP contribution >= 0.6 is 0 Å². The van der Waals surface area contributed by atoms with Crippen LogP contribution in [0.1, 0.15) is 50.7 Å². The number of fused-ring (bicyclic) bond motifs is 5. The maximum absolute atomic E-state index is 2.51. The van der Waals surface area contributed by atoms with Gasteiger partial charge in [-0.15, -0.1) is 0 Å². The van der Waals surface area contributed by atoms with Crippen LogP contribution in [0.3, 0.4) is 0 Å². The van der Waals surface area contributed by atoms with Gasteiger partial charge in [0, 0.05) is 0 Å². The molecule has 0 amide bonds. The summed E-state index contributed by atoms with van der Waals surface area (Å²) in [5.74, 6) is 0.806. The maximum Gasteiger partial charge on any atom is 0.0779 e. The highest BCUT2D eigenvalue weighted by Gasteiger charge is 2.60. The first-order valence-corrected chi connectivity index (χ1v) is 10.8. The standard InChI is InChI=1S/C17H26Si/c1-16(2)12-10-11-17(16,3)13-8-7-9-14(15(12)13)18(4,5)6/h7-9,12H,10-11H2,1-6H3/t12-,17+/m1/s1. The van der Waals surface area contributed by atoms with Crippen molar-refractivity contribution in [3.8, 4) is 0 Å². The van der Waals surface area contributed by atoms with Gasteiger partial charge in [-0.2, -0.15) is 0 Å². The Kier molecular flexibility index (Phi) is 2.29. The molecule has 2 aliphatic rings. The highest BCUT2D eigenvalue weighted by Crippen LogP contribution is 2.67. The van der Waals surface area contributed by atoms with Gasteiger partial charge in [-0.25, -0.2) is 0 Å². The minimum Gasteiger partial charge on any atom is -0.0656 e. The number of rotatable bonds is 1. The van der Waals surface area contributed by atoms with Crippen LogP contribution in [0.5, 0.6) is 0 Å². The fourth-order valence-corrected chi connectivity index (χ4v) is 6.28. The van der Waals surface area contributed by atoms with Gasteiger partial charge in [-0.1, -0.05) is 63.8 Å². The van der Waals surface area contributed by atoms with Crippen molar-refractivity contribution in [1.29, 1.82) is 0 Å². The molecule has 1 fully saturated rings. The molecular weight excluding hydrogens is 232 g/mol. The van der Waals surface area contributed by atoms with Crippen LogP contribution in [0, 0.1) is 5.41 Å². The predicted octanol–water partition coefficient (Wildman–Crippen LogP) is 4.41. The molecule has 0 aromatic heterocycles. The van der Waals surface area contributed by atoms with Crippen molar-refractivity contribution in [1.82, 2.24) is 0 Å². The second-order valence-corrected chi connectivity index (χ2v) is 13.2. The highest BCUT2D eigenvalue weighted by molar-refractivity contribution is 6.89. The second kappa shape index (κ2) is 3.30. The van der Waals surface area contributed by atoms with E-state index in [2.05, 4.69) is 58.6 Å². The van der Waals surface area contributed by atoms with Crippen LogP contribution in [0.15, 0.2) is 18.2 Å². The van der Waals surface area contributed by atoms with E-state index in [4.69, 9.17) is 0 Å². The molecule has 1 heteroatoms. The van der Waals surface area contributed by atoms with Crippen molar-refractivity contribution in [2.45, 2.75) is 64.6 Å². The van der Waals surface area contributed by atoms with Crippen LogP contribution in [-0.2, 0) is 5.41 Å². The van der Waals surface area contributed by atoms with Gasteiger partial charge in [-0.3, -0.25) is 0 Å². The van der Waals surface area contributed by atoms with Crippen LogP contribution in [-0.4, -0.2) is 8.07 Å². The van der Waals surface area contributed by atoms with Gasteiger partial charge in [0.2, 0.25) is 0 Å². The molecule has 2 bridgehead atoms. The zero-order chi connectivity index (χ0) is 13.3. The second-order valence-electron chi connectivity index (χ2n) is 8.16. The Bertz CT molecular complexity index is 507. The molecule has 0 saturated heterocycles. The van der Waals surface area contributed by atoms with Crippen LogP contribution in [0.4, 0.5) is 0 Å². The van der Waals surface area contributed by atoms with E-state index in [1.165, 1.54) is 12.8 Å². The van der Waals surface area contributed by atoms with Gasteiger partial charge in [0.05, 0.1) is 8.07 Å². The Hall–Kier alpha value is -0.563. The highest BCUT2D eigenvalue weighted by atomic mass is 28.3. The molecule has 2 atom stereocenters. The third kappa shape index (κ3) is 1.26. The van der Waals surface area contributed by atoms with E-state index < -0.39 is 8.07 Å². The van der Waals surface area contributed by atoms with E-state index in [1.807, 2.05) is 0 Å². The fourth-order valence-electron chi connectivity index (χ4n) is 4.56. The molecule has 0 N–H and O–H groups in total. The lowest BCUT2D eigenvalue weighted by atomic mass is 9.69. The molecule has 1 saturated carbocycles. The van der Waals surface area contributed by atoms with E-state index in [-0.39, 0.29) is 0 Å². The molecule has 1 aromatic rings. The quantitative estimate of drug-likeness (QED) is 0.655. The zero-order valence-corrected chi connectivity index (χ0v) is 13.7. The Labute approximate surface area is 113 Å². The molecule has 0 unspecified atom stereocenters. The fraction of sp³-hybridized carbons (Fsp3) is 0.647. The summed E-state index contributed by atoms with van der Waals surface area (Å²) in [6, 6.07) is 7.15. The zero-order valence-electron chi connectivity index (χ0n) is 12.7. The van der Waals surface area contributed by atoms with Crippen molar-refractivity contribution in [2.24, 2.45) is 5.41 Å². The Morgan fingerprint density at radius 3 is 2.39 bits per heavy atom. The summed E-state index contributed by atoms with van der Waals surface area (Å²) in [6.45, 7) is 15.0. The molecule has 0 heterocycles. The van der Waals surface area contributed by atoms with Crippen molar-refractivity contribution in [2.75, 3.05) is 0 Å². The number of hydrogen-bond donors (Lipinski definition) is 0. The van der Waals surface area contributed by atoms with E-state index in [9.17, 15) is 0 Å². The molecule has 3 rings (SSSR count). The molecule has 18 heavy (non-hydrogen) atoms. The summed E-state index contributed by atoms with van der Waals surface area (Å²) < 4.78 is 0. The van der Waals surface area contributed by atoms with Crippen LogP contribution < -0.4 is 5.19 Å². The van der Waals surface area contributed by atoms with Gasteiger partial charge in [-0.05, 0) is 40.7 Å². The normalized spacial score (nSPS) is 32.7. The summed E-state index contributed by atoms with van der Waals surface area (Å²) in [6.07, 6.45) is 2.78. The first-order chi connectivity index (χ1) is 8.19. The summed E-state index contributed by atoms with van der Waals surface area (Å²) in [7, 11) is -1.22. The molecular formula is C17H26Si. The monoisotopic (exact) mass is 258 g/mol. The van der Waals surface area contributed by atoms with E-state index in [0.29, 0.717) is 10.8 Å². The van der Waals surface area contributed by atoms with Crippen molar-refractivity contribution in [3.63, 3.8) is 0 Å². The molecule has 0 radical (unpaired) electrons. The Balaban J connectivity index is 2.30. The third-order valence-corrected chi connectivity index (χ3v) is 8.14. The summed E-state index contributed by atoms with van der Waals surface area (Å²) in [5.41, 5.74) is 4.31. The smallest absolute Gasteiger partial charge is 0.0656 e. The Morgan fingerprint density at radius 2 is 1.78 bits per heavy atom. The average molecular weight is 258 g/mol. The van der Waals surface area contributed by atoms with Crippen LogP contribution in [0.2, 0.25) is 19.6 Å². The van der Waals surface area contributed by atoms with E-state index in [0.717, 1.165) is 5.92 Å². The average Bonchev–Trinajstić information content (AvgIpc) is 2.58. The molecule has 2 aliphatic carbocycles. The minimum absolute atomic E-state index is 0.419. The van der Waals surface area contributed by atoms with Gasteiger partial charge >= 0.3 is 0 Å². The third-order valence-electron chi connectivity index (χ3n) is 6.08. The molecule has 0 aliphatic heterocycles. The summed E-state index contributed by atoms with van der Waals surface area (Å²) in [5, 5.41) is 1.72. The van der Waals surface area contributed by atoms with Gasteiger partial charge < -0.3 is 0 Å². The largest absolute Gasteiger partial charge is 0.0779 e. The van der Waals surface area contributed by atoms with Gasteiger partial charge in [0.15, 0.2) is 0 Å². The van der Waals surface area contributed by atoms with Crippen molar-refractivity contribution < 1.29 is 0 Å². The van der Waals surface area contributed by atoms with Crippen molar-refractivity contribution in [3.05, 3.63) is 29.3 Å². The number of hydrogen-bond acceptors (Lipinski definition) is 0. The first kappa shape index (κ1) is 12.5. The lowest BCUT2D eigenvalue weighted by molar-refractivity contribution is 0.231. The van der Waals surface area contributed by atoms with E-state index in [1.54, 1.807) is 16.3 Å².